The minimum atomic E-state index is -2.29. The van der Waals surface area contributed by atoms with Crippen LogP contribution in [0.3, 0.4) is 0 Å². The summed E-state index contributed by atoms with van der Waals surface area (Å²) in [4.78, 5) is 22.4. The van der Waals surface area contributed by atoms with Gasteiger partial charge in [0.15, 0.2) is 0 Å². The van der Waals surface area contributed by atoms with Crippen molar-refractivity contribution in [3.05, 3.63) is 0 Å². The molecule has 0 bridgehead atoms. The highest BCUT2D eigenvalue weighted by Gasteiger charge is 2.33. The van der Waals surface area contributed by atoms with E-state index in [-0.39, 0.29) is 6.42 Å². The third-order valence-corrected chi connectivity index (χ3v) is 1.07. The van der Waals surface area contributed by atoms with E-state index in [1.165, 1.54) is 6.92 Å². The lowest BCUT2D eigenvalue weighted by molar-refractivity contribution is -0.157. The van der Waals surface area contributed by atoms with Crippen LogP contribution in [0.15, 0.2) is 4.99 Å². The number of carbonyl (C=O) groups excluding carboxylic acids is 1. The fourth-order valence-corrected chi connectivity index (χ4v) is 0.354. The third kappa shape index (κ3) is 1.65. The average Bonchev–Trinajstić information content (AvgIpc) is 1.88. The first kappa shape index (κ1) is 8.81. The van der Waals surface area contributed by atoms with E-state index in [1.807, 2.05) is 0 Å². The van der Waals surface area contributed by atoms with Gasteiger partial charge in [0, 0.05) is 6.42 Å². The molecule has 0 rings (SSSR count). The van der Waals surface area contributed by atoms with Gasteiger partial charge in [-0.25, -0.2) is 9.59 Å². The molecule has 0 aliphatic carbocycles. The number of rotatable bonds is 3. The van der Waals surface area contributed by atoms with Crippen LogP contribution in [-0.2, 0) is 9.59 Å². The smallest absolute Gasteiger partial charge is 0.359 e. The minimum absolute atomic E-state index is 0.155. The molecule has 0 aliphatic rings. The summed E-state index contributed by atoms with van der Waals surface area (Å²) in [6.45, 7) is 1.40. The summed E-state index contributed by atoms with van der Waals surface area (Å²) in [5.74, 6) is -1.54. The van der Waals surface area contributed by atoms with Crippen molar-refractivity contribution >= 4 is 12.0 Å². The van der Waals surface area contributed by atoms with E-state index in [2.05, 4.69) is 4.99 Å². The third-order valence-electron chi connectivity index (χ3n) is 1.07. The van der Waals surface area contributed by atoms with Crippen molar-refractivity contribution in [1.29, 1.82) is 0 Å². The number of carboxylic acid groups (broad SMARTS) is 1. The maximum atomic E-state index is 10.1. The molecule has 0 aromatic carbocycles. The van der Waals surface area contributed by atoms with Crippen molar-refractivity contribution in [2.45, 2.75) is 19.1 Å². The number of hydrogen-bond acceptors (Lipinski definition) is 4. The summed E-state index contributed by atoms with van der Waals surface area (Å²) in [5.41, 5.74) is -2.29. The van der Waals surface area contributed by atoms with Gasteiger partial charge in [0.2, 0.25) is 6.08 Å². The molecule has 0 heterocycles. The van der Waals surface area contributed by atoms with Crippen molar-refractivity contribution in [2.75, 3.05) is 0 Å². The molecule has 0 saturated heterocycles. The van der Waals surface area contributed by atoms with Crippen LogP contribution < -0.4 is 0 Å². The van der Waals surface area contributed by atoms with Gasteiger partial charge in [0.05, 0.1) is 0 Å². The number of carboxylic acids is 1. The predicted octanol–water partition coefficient (Wildman–Crippen LogP) is -0.495. The highest BCUT2D eigenvalue weighted by Crippen LogP contribution is 2.09. The van der Waals surface area contributed by atoms with Crippen LogP contribution in [0.5, 0.6) is 0 Å². The van der Waals surface area contributed by atoms with Crippen molar-refractivity contribution in [3.63, 3.8) is 0 Å². The van der Waals surface area contributed by atoms with E-state index < -0.39 is 11.7 Å². The highest BCUT2D eigenvalue weighted by molar-refractivity contribution is 5.77. The molecule has 1 atom stereocenters. The van der Waals surface area contributed by atoms with Crippen molar-refractivity contribution < 1.29 is 19.8 Å². The van der Waals surface area contributed by atoms with Gasteiger partial charge in [-0.15, -0.1) is 0 Å². The van der Waals surface area contributed by atoms with Crippen LogP contribution in [-0.4, -0.2) is 28.0 Å². The Morgan fingerprint density at radius 2 is 2.30 bits per heavy atom. The number of aliphatic carboxylic acids is 1. The SMILES string of the molecule is CCC(O)(N=C=O)C(=O)O. The summed E-state index contributed by atoms with van der Waals surface area (Å²) in [5, 5.41) is 17.1. The largest absolute Gasteiger partial charge is 0.478 e. The molecule has 10 heavy (non-hydrogen) atoms. The van der Waals surface area contributed by atoms with Gasteiger partial charge in [-0.1, -0.05) is 6.92 Å². The van der Waals surface area contributed by atoms with Gasteiger partial charge in [-0.2, -0.15) is 4.99 Å². The highest BCUT2D eigenvalue weighted by atomic mass is 16.4. The molecule has 0 radical (unpaired) electrons. The fourth-order valence-electron chi connectivity index (χ4n) is 0.354. The molecule has 2 N–H and O–H groups in total. The molecule has 0 saturated carbocycles. The van der Waals surface area contributed by atoms with Crippen molar-refractivity contribution in [1.82, 2.24) is 0 Å². The second kappa shape index (κ2) is 3.10. The van der Waals surface area contributed by atoms with E-state index in [1.54, 1.807) is 0 Å². The zero-order chi connectivity index (χ0) is 8.20. The maximum Gasteiger partial charge on any atom is 0.359 e. The molecule has 1 unspecified atom stereocenters. The number of aliphatic imine (C=N–C) groups is 1. The quantitative estimate of drug-likeness (QED) is 0.414. The molecule has 5 heteroatoms. The second-order valence-electron chi connectivity index (χ2n) is 1.68. The number of aliphatic hydroxyl groups is 1. The number of nitrogens with zero attached hydrogens (tertiary/aromatic N) is 1. The van der Waals surface area contributed by atoms with E-state index in [4.69, 9.17) is 10.2 Å². The lowest BCUT2D eigenvalue weighted by Crippen LogP contribution is -2.35. The monoisotopic (exact) mass is 145 g/mol. The Morgan fingerprint density at radius 1 is 1.80 bits per heavy atom. The topological polar surface area (TPSA) is 87.0 Å². The standard InChI is InChI=1S/C5H7NO4/c1-2-5(10,4(8)9)6-3-7/h10H,2H2,1H3,(H,8,9). The fraction of sp³-hybridized carbons (Fsp3) is 0.600. The summed E-state index contributed by atoms with van der Waals surface area (Å²) >= 11 is 0. The molecule has 0 spiro atoms. The van der Waals surface area contributed by atoms with Gasteiger partial charge in [0.1, 0.15) is 0 Å². The van der Waals surface area contributed by atoms with Gasteiger partial charge >= 0.3 is 5.97 Å². The van der Waals surface area contributed by atoms with E-state index in [9.17, 15) is 9.59 Å². The summed E-state index contributed by atoms with van der Waals surface area (Å²) in [6, 6.07) is 0. The van der Waals surface area contributed by atoms with E-state index >= 15 is 0 Å². The normalized spacial score (nSPS) is 15.0. The Balaban J connectivity index is 4.54. The van der Waals surface area contributed by atoms with Crippen LogP contribution in [0.4, 0.5) is 0 Å². The molecule has 5 nitrogen and oxygen atoms in total. The van der Waals surface area contributed by atoms with Crippen molar-refractivity contribution in [3.8, 4) is 0 Å². The van der Waals surface area contributed by atoms with Crippen LogP contribution in [0.1, 0.15) is 13.3 Å². The Labute approximate surface area is 57.0 Å². The predicted molar refractivity (Wildman–Crippen MR) is 31.0 cm³/mol. The van der Waals surface area contributed by atoms with Crippen LogP contribution in [0, 0.1) is 0 Å². The summed E-state index contributed by atoms with van der Waals surface area (Å²) in [6.07, 6.45) is 0.830. The Bertz CT molecular complexity index is 180. The lowest BCUT2D eigenvalue weighted by Gasteiger charge is -2.12. The molecule has 0 aromatic heterocycles. The molecule has 0 amide bonds. The molecule has 0 aliphatic heterocycles. The Kier molecular flexibility index (Phi) is 2.73. The van der Waals surface area contributed by atoms with Gasteiger partial charge < -0.3 is 10.2 Å². The van der Waals surface area contributed by atoms with Gasteiger partial charge in [-0.3, -0.25) is 0 Å². The molecule has 56 valence electrons. The average molecular weight is 145 g/mol. The minimum Gasteiger partial charge on any atom is -0.478 e. The Hall–Kier alpha value is -1.19. The first-order valence-corrected chi connectivity index (χ1v) is 2.61. The van der Waals surface area contributed by atoms with Crippen LogP contribution >= 0.6 is 0 Å². The second-order valence-corrected chi connectivity index (χ2v) is 1.68. The zero-order valence-electron chi connectivity index (χ0n) is 5.37. The van der Waals surface area contributed by atoms with Crippen LogP contribution in [0.2, 0.25) is 0 Å². The van der Waals surface area contributed by atoms with Gasteiger partial charge in [-0.05, 0) is 0 Å². The summed E-state index contributed by atoms with van der Waals surface area (Å²) < 4.78 is 0. The van der Waals surface area contributed by atoms with E-state index in [0.29, 0.717) is 0 Å². The van der Waals surface area contributed by atoms with Crippen molar-refractivity contribution in [2.24, 2.45) is 4.99 Å². The molecule has 0 fully saturated rings. The number of carbonyl (C=O) groups is 1. The lowest BCUT2D eigenvalue weighted by atomic mass is 10.2. The first-order valence-electron chi connectivity index (χ1n) is 2.61. The maximum absolute atomic E-state index is 10.1. The zero-order valence-corrected chi connectivity index (χ0v) is 5.37. The molecule has 0 aromatic rings. The first-order chi connectivity index (χ1) is 4.56. The van der Waals surface area contributed by atoms with Gasteiger partial charge in [0.25, 0.3) is 5.72 Å². The molecular formula is C5H7NO4. The Morgan fingerprint density at radius 3 is 2.40 bits per heavy atom. The van der Waals surface area contributed by atoms with Crippen LogP contribution in [0.25, 0.3) is 0 Å². The van der Waals surface area contributed by atoms with E-state index in [0.717, 1.165) is 6.08 Å². The number of isocyanates is 1. The number of hydrogen-bond donors (Lipinski definition) is 2. The summed E-state index contributed by atoms with van der Waals surface area (Å²) in [7, 11) is 0. The molecular weight excluding hydrogens is 138 g/mol.